The van der Waals surface area contributed by atoms with Crippen molar-refractivity contribution < 1.29 is 5.11 Å². The molecule has 0 atom stereocenters. The SMILES string of the molecule is Cc1cccnc1CSc1cccc(O)c1. The van der Waals surface area contributed by atoms with Gasteiger partial charge in [0, 0.05) is 16.8 Å². The van der Waals surface area contributed by atoms with E-state index in [9.17, 15) is 5.11 Å². The number of aromatic hydroxyl groups is 1. The van der Waals surface area contributed by atoms with Gasteiger partial charge in [-0.05, 0) is 36.8 Å². The van der Waals surface area contributed by atoms with Crippen molar-refractivity contribution in [1.29, 1.82) is 0 Å². The van der Waals surface area contributed by atoms with E-state index in [-0.39, 0.29) is 0 Å². The first kappa shape index (κ1) is 11.0. The standard InChI is InChI=1S/C13H13NOS/c1-10-4-3-7-14-13(10)9-16-12-6-2-5-11(15)8-12/h2-8,15H,9H2,1H3. The summed E-state index contributed by atoms with van der Waals surface area (Å²) < 4.78 is 0. The number of hydrogen-bond donors (Lipinski definition) is 1. The van der Waals surface area contributed by atoms with Crippen molar-refractivity contribution >= 4 is 11.8 Å². The van der Waals surface area contributed by atoms with E-state index in [1.165, 1.54) is 5.56 Å². The molecule has 0 spiro atoms. The molecule has 2 rings (SSSR count). The van der Waals surface area contributed by atoms with E-state index in [0.717, 1.165) is 16.3 Å². The second-order valence-corrected chi connectivity index (χ2v) is 4.60. The van der Waals surface area contributed by atoms with Crippen LogP contribution >= 0.6 is 11.8 Å². The Hall–Kier alpha value is -1.48. The van der Waals surface area contributed by atoms with Gasteiger partial charge in [-0.2, -0.15) is 0 Å². The van der Waals surface area contributed by atoms with Gasteiger partial charge in [-0.1, -0.05) is 12.1 Å². The van der Waals surface area contributed by atoms with Crippen LogP contribution in [0, 0.1) is 6.92 Å². The Kier molecular flexibility index (Phi) is 3.47. The summed E-state index contributed by atoms with van der Waals surface area (Å²) in [6, 6.07) is 11.3. The number of aryl methyl sites for hydroxylation is 1. The number of phenolic OH excluding ortho intramolecular Hbond substituents is 1. The van der Waals surface area contributed by atoms with Gasteiger partial charge in [-0.15, -0.1) is 11.8 Å². The molecule has 1 N–H and O–H groups in total. The minimum absolute atomic E-state index is 0.308. The summed E-state index contributed by atoms with van der Waals surface area (Å²) >= 11 is 1.68. The summed E-state index contributed by atoms with van der Waals surface area (Å²) in [5.41, 5.74) is 2.30. The van der Waals surface area contributed by atoms with Crippen molar-refractivity contribution in [1.82, 2.24) is 4.98 Å². The Morgan fingerprint density at radius 1 is 1.25 bits per heavy atom. The first-order chi connectivity index (χ1) is 7.75. The lowest BCUT2D eigenvalue weighted by Gasteiger charge is -2.04. The van der Waals surface area contributed by atoms with Crippen molar-refractivity contribution in [3.8, 4) is 5.75 Å². The molecule has 0 radical (unpaired) electrons. The Balaban J connectivity index is 2.05. The van der Waals surface area contributed by atoms with Crippen LogP contribution < -0.4 is 0 Å². The molecule has 2 nitrogen and oxygen atoms in total. The molecule has 0 aliphatic heterocycles. The number of phenols is 1. The maximum atomic E-state index is 9.34. The Morgan fingerprint density at radius 3 is 2.88 bits per heavy atom. The van der Waals surface area contributed by atoms with E-state index in [4.69, 9.17) is 0 Å². The minimum Gasteiger partial charge on any atom is -0.508 e. The molecule has 0 aliphatic rings. The molecule has 2 aromatic rings. The third-order valence-electron chi connectivity index (χ3n) is 2.31. The van der Waals surface area contributed by atoms with Gasteiger partial charge in [-0.3, -0.25) is 4.98 Å². The van der Waals surface area contributed by atoms with Crippen LogP contribution in [0.1, 0.15) is 11.3 Å². The van der Waals surface area contributed by atoms with Gasteiger partial charge < -0.3 is 5.11 Å². The van der Waals surface area contributed by atoms with Gasteiger partial charge in [-0.25, -0.2) is 0 Å². The van der Waals surface area contributed by atoms with Crippen LogP contribution in [0.15, 0.2) is 47.5 Å². The number of aromatic nitrogens is 1. The van der Waals surface area contributed by atoms with Gasteiger partial charge in [0.2, 0.25) is 0 Å². The molecular formula is C13H13NOS. The Bertz CT molecular complexity index is 485. The third-order valence-corrected chi connectivity index (χ3v) is 3.32. The second-order valence-electron chi connectivity index (χ2n) is 3.55. The minimum atomic E-state index is 0.308. The lowest BCUT2D eigenvalue weighted by atomic mass is 10.2. The van der Waals surface area contributed by atoms with Gasteiger partial charge in [0.25, 0.3) is 0 Å². The molecule has 1 aromatic carbocycles. The lowest BCUT2D eigenvalue weighted by molar-refractivity contribution is 0.474. The smallest absolute Gasteiger partial charge is 0.116 e. The molecule has 0 bridgehead atoms. The highest BCUT2D eigenvalue weighted by atomic mass is 32.2. The molecule has 1 aromatic heterocycles. The van der Waals surface area contributed by atoms with Gasteiger partial charge >= 0.3 is 0 Å². The Labute approximate surface area is 99.4 Å². The first-order valence-corrected chi connectivity index (χ1v) is 6.06. The van der Waals surface area contributed by atoms with Crippen LogP contribution in [0.2, 0.25) is 0 Å². The Morgan fingerprint density at radius 2 is 2.12 bits per heavy atom. The number of hydrogen-bond acceptors (Lipinski definition) is 3. The molecule has 82 valence electrons. The molecule has 16 heavy (non-hydrogen) atoms. The predicted octanol–water partition coefficient (Wildman–Crippen LogP) is 3.39. The highest BCUT2D eigenvalue weighted by Gasteiger charge is 2.00. The van der Waals surface area contributed by atoms with Crippen molar-refractivity contribution in [2.75, 3.05) is 0 Å². The molecule has 0 saturated heterocycles. The van der Waals surface area contributed by atoms with E-state index in [1.54, 1.807) is 23.9 Å². The van der Waals surface area contributed by atoms with Crippen LogP contribution in [0.25, 0.3) is 0 Å². The predicted molar refractivity (Wildman–Crippen MR) is 66.6 cm³/mol. The monoisotopic (exact) mass is 231 g/mol. The van der Waals surface area contributed by atoms with Crippen LogP contribution in [0.4, 0.5) is 0 Å². The first-order valence-electron chi connectivity index (χ1n) is 5.08. The quantitative estimate of drug-likeness (QED) is 0.822. The second kappa shape index (κ2) is 5.03. The number of pyridine rings is 1. The summed E-state index contributed by atoms with van der Waals surface area (Å²) in [6.07, 6.45) is 1.81. The normalized spacial score (nSPS) is 10.3. The zero-order valence-corrected chi connectivity index (χ0v) is 9.87. The van der Waals surface area contributed by atoms with E-state index in [1.807, 2.05) is 24.4 Å². The van der Waals surface area contributed by atoms with Crippen molar-refractivity contribution in [3.05, 3.63) is 53.9 Å². The zero-order chi connectivity index (χ0) is 11.4. The van der Waals surface area contributed by atoms with Crippen LogP contribution in [-0.2, 0) is 5.75 Å². The molecular weight excluding hydrogens is 218 g/mol. The summed E-state index contributed by atoms with van der Waals surface area (Å²) in [5.74, 6) is 1.14. The summed E-state index contributed by atoms with van der Waals surface area (Å²) in [7, 11) is 0. The maximum Gasteiger partial charge on any atom is 0.116 e. The third kappa shape index (κ3) is 2.76. The van der Waals surface area contributed by atoms with Crippen LogP contribution in [0.3, 0.4) is 0 Å². The van der Waals surface area contributed by atoms with E-state index in [0.29, 0.717) is 5.75 Å². The lowest BCUT2D eigenvalue weighted by Crippen LogP contribution is -1.89. The fourth-order valence-electron chi connectivity index (χ4n) is 1.39. The molecule has 1 heterocycles. The van der Waals surface area contributed by atoms with Crippen molar-refractivity contribution in [2.45, 2.75) is 17.6 Å². The number of rotatable bonds is 3. The molecule has 0 amide bonds. The highest BCUT2D eigenvalue weighted by Crippen LogP contribution is 2.25. The maximum absolute atomic E-state index is 9.34. The number of benzene rings is 1. The molecule has 0 saturated carbocycles. The highest BCUT2D eigenvalue weighted by molar-refractivity contribution is 7.98. The van der Waals surface area contributed by atoms with Crippen molar-refractivity contribution in [2.24, 2.45) is 0 Å². The molecule has 0 unspecified atom stereocenters. The van der Waals surface area contributed by atoms with Crippen LogP contribution in [0.5, 0.6) is 5.75 Å². The largest absolute Gasteiger partial charge is 0.508 e. The molecule has 3 heteroatoms. The molecule has 0 fully saturated rings. The fourth-order valence-corrected chi connectivity index (χ4v) is 2.38. The average Bonchev–Trinajstić information content (AvgIpc) is 2.28. The summed E-state index contributed by atoms with van der Waals surface area (Å²) in [5, 5.41) is 9.34. The fraction of sp³-hybridized carbons (Fsp3) is 0.154. The summed E-state index contributed by atoms with van der Waals surface area (Å²) in [6.45, 7) is 2.06. The zero-order valence-electron chi connectivity index (χ0n) is 9.05. The van der Waals surface area contributed by atoms with Crippen molar-refractivity contribution in [3.63, 3.8) is 0 Å². The van der Waals surface area contributed by atoms with Gasteiger partial charge in [0.15, 0.2) is 0 Å². The number of nitrogens with zero attached hydrogens (tertiary/aromatic N) is 1. The van der Waals surface area contributed by atoms with Gasteiger partial charge in [0.05, 0.1) is 5.69 Å². The van der Waals surface area contributed by atoms with Crippen LogP contribution in [-0.4, -0.2) is 10.1 Å². The van der Waals surface area contributed by atoms with E-state index >= 15 is 0 Å². The van der Waals surface area contributed by atoms with E-state index in [2.05, 4.69) is 18.0 Å². The molecule has 0 aliphatic carbocycles. The van der Waals surface area contributed by atoms with E-state index < -0.39 is 0 Å². The topological polar surface area (TPSA) is 33.1 Å². The average molecular weight is 231 g/mol. The summed E-state index contributed by atoms with van der Waals surface area (Å²) in [4.78, 5) is 5.39. The van der Waals surface area contributed by atoms with Gasteiger partial charge in [0.1, 0.15) is 5.75 Å². The number of thioether (sulfide) groups is 1.